The summed E-state index contributed by atoms with van der Waals surface area (Å²) in [5.74, 6) is 0.774. The van der Waals surface area contributed by atoms with Crippen molar-refractivity contribution >= 4 is 23.6 Å². The molecule has 7 nitrogen and oxygen atoms in total. The smallest absolute Gasteiger partial charge is 0.317 e. The van der Waals surface area contributed by atoms with Crippen LogP contribution in [0, 0.1) is 0 Å². The molecule has 1 atom stereocenters. The number of morpholine rings is 1. The van der Waals surface area contributed by atoms with Crippen LogP contribution in [0.3, 0.4) is 0 Å². The van der Waals surface area contributed by atoms with Gasteiger partial charge in [0, 0.05) is 36.7 Å². The number of carbonyl (C=O) groups excluding carboxylic acids is 1. The summed E-state index contributed by atoms with van der Waals surface area (Å²) in [6.07, 6.45) is 0.320. The summed E-state index contributed by atoms with van der Waals surface area (Å²) in [7, 11) is 3.37. The van der Waals surface area contributed by atoms with Crippen molar-refractivity contribution in [2.24, 2.45) is 0 Å². The van der Waals surface area contributed by atoms with Crippen molar-refractivity contribution in [1.82, 2.24) is 9.80 Å². The first kappa shape index (κ1) is 20.5. The normalized spacial score (nSPS) is 17.3. The number of methoxy groups -OCH3 is 1. The molecule has 0 aromatic heterocycles. The predicted molar refractivity (Wildman–Crippen MR) is 99.8 cm³/mol. The Balaban J connectivity index is 1.73. The number of carbonyl (C=O) groups is 2. The molecule has 1 N–H and O–H groups in total. The van der Waals surface area contributed by atoms with Crippen LogP contribution in [-0.2, 0) is 14.3 Å². The molecule has 0 aliphatic carbocycles. The highest BCUT2D eigenvalue weighted by molar-refractivity contribution is 7.99. The average Bonchev–Trinajstić information content (AvgIpc) is 2.61. The van der Waals surface area contributed by atoms with Gasteiger partial charge in [-0.1, -0.05) is 0 Å². The van der Waals surface area contributed by atoms with Gasteiger partial charge < -0.3 is 19.5 Å². The molecule has 0 spiro atoms. The molecule has 1 unspecified atom stereocenters. The number of aliphatic carboxylic acids is 1. The predicted octanol–water partition coefficient (Wildman–Crippen LogP) is 1.42. The lowest BCUT2D eigenvalue weighted by Crippen LogP contribution is -2.49. The molecule has 8 heteroatoms. The summed E-state index contributed by atoms with van der Waals surface area (Å²) < 4.78 is 10.8. The van der Waals surface area contributed by atoms with Gasteiger partial charge in [-0.05, 0) is 31.3 Å². The van der Waals surface area contributed by atoms with Gasteiger partial charge in [-0.2, -0.15) is 0 Å². The number of carboxylic acid groups (broad SMARTS) is 1. The lowest BCUT2D eigenvalue weighted by Gasteiger charge is -2.34. The highest BCUT2D eigenvalue weighted by Gasteiger charge is 2.25. The molecule has 1 heterocycles. The van der Waals surface area contributed by atoms with Gasteiger partial charge in [-0.25, -0.2) is 0 Å². The zero-order valence-corrected chi connectivity index (χ0v) is 16.0. The number of likely N-dealkylation sites (N-methyl/N-ethyl adjacent to an activating group) is 1. The van der Waals surface area contributed by atoms with Gasteiger partial charge in [0.05, 0.1) is 26.4 Å². The van der Waals surface area contributed by atoms with E-state index in [1.807, 2.05) is 29.2 Å². The van der Waals surface area contributed by atoms with E-state index in [0.717, 1.165) is 10.6 Å². The highest BCUT2D eigenvalue weighted by atomic mass is 32.2. The van der Waals surface area contributed by atoms with Crippen molar-refractivity contribution in [2.75, 3.05) is 52.7 Å². The van der Waals surface area contributed by atoms with Crippen molar-refractivity contribution in [3.05, 3.63) is 24.3 Å². The maximum atomic E-state index is 12.4. The number of thioether (sulfide) groups is 1. The molecule has 1 fully saturated rings. The van der Waals surface area contributed by atoms with Gasteiger partial charge in [0.15, 0.2) is 0 Å². The van der Waals surface area contributed by atoms with Gasteiger partial charge >= 0.3 is 5.97 Å². The Morgan fingerprint density at radius 3 is 2.77 bits per heavy atom. The topological polar surface area (TPSA) is 79.3 Å². The molecular weight excluding hydrogens is 356 g/mol. The number of hydrogen-bond donors (Lipinski definition) is 1. The van der Waals surface area contributed by atoms with Crippen molar-refractivity contribution < 1.29 is 24.2 Å². The van der Waals surface area contributed by atoms with E-state index in [-0.39, 0.29) is 18.6 Å². The van der Waals surface area contributed by atoms with E-state index in [2.05, 4.69) is 0 Å². The third-order valence-electron chi connectivity index (χ3n) is 4.06. The fourth-order valence-electron chi connectivity index (χ4n) is 2.79. The van der Waals surface area contributed by atoms with Gasteiger partial charge in [0.1, 0.15) is 5.75 Å². The SMILES string of the molecule is COc1ccc(SCCC(=O)N2CCOC(CN(C)CC(=O)O)C2)cc1. The van der Waals surface area contributed by atoms with Crippen molar-refractivity contribution in [2.45, 2.75) is 17.4 Å². The summed E-state index contributed by atoms with van der Waals surface area (Å²) in [4.78, 5) is 27.8. The second kappa shape index (κ2) is 10.4. The van der Waals surface area contributed by atoms with Crippen LogP contribution in [0.5, 0.6) is 5.75 Å². The van der Waals surface area contributed by atoms with E-state index in [0.29, 0.717) is 38.4 Å². The quantitative estimate of drug-likeness (QED) is 0.647. The molecule has 1 aliphatic rings. The molecule has 1 amide bonds. The molecule has 144 valence electrons. The summed E-state index contributed by atoms with van der Waals surface area (Å²) in [5, 5.41) is 8.82. The van der Waals surface area contributed by atoms with Crippen molar-refractivity contribution in [3.8, 4) is 5.75 Å². The van der Waals surface area contributed by atoms with E-state index in [9.17, 15) is 9.59 Å². The van der Waals surface area contributed by atoms with E-state index in [4.69, 9.17) is 14.6 Å². The van der Waals surface area contributed by atoms with Gasteiger partial charge in [-0.3, -0.25) is 14.5 Å². The number of rotatable bonds is 9. The molecule has 1 saturated heterocycles. The third-order valence-corrected chi connectivity index (χ3v) is 5.07. The van der Waals surface area contributed by atoms with Crippen LogP contribution < -0.4 is 4.74 Å². The Labute approximate surface area is 158 Å². The molecule has 0 radical (unpaired) electrons. The van der Waals surface area contributed by atoms with Gasteiger partial charge in [0.25, 0.3) is 0 Å². The maximum absolute atomic E-state index is 12.4. The van der Waals surface area contributed by atoms with Crippen LogP contribution in [0.25, 0.3) is 0 Å². The minimum absolute atomic E-state index is 0.0354. The Bertz CT molecular complexity index is 596. The van der Waals surface area contributed by atoms with Crippen LogP contribution in [0.4, 0.5) is 0 Å². The molecular formula is C18H26N2O5S. The molecule has 2 rings (SSSR count). The Morgan fingerprint density at radius 1 is 1.38 bits per heavy atom. The minimum Gasteiger partial charge on any atom is -0.497 e. The molecule has 1 aromatic rings. The zero-order valence-electron chi connectivity index (χ0n) is 15.2. The molecule has 0 bridgehead atoms. The fraction of sp³-hybridized carbons (Fsp3) is 0.556. The number of nitrogens with zero attached hydrogens (tertiary/aromatic N) is 2. The largest absolute Gasteiger partial charge is 0.497 e. The lowest BCUT2D eigenvalue weighted by molar-refractivity contribution is -0.142. The fourth-order valence-corrected chi connectivity index (χ4v) is 3.63. The second-order valence-electron chi connectivity index (χ2n) is 6.20. The van der Waals surface area contributed by atoms with Crippen molar-refractivity contribution in [3.63, 3.8) is 0 Å². The molecule has 1 aromatic carbocycles. The van der Waals surface area contributed by atoms with Crippen LogP contribution in [0.1, 0.15) is 6.42 Å². The van der Waals surface area contributed by atoms with Crippen LogP contribution in [0.2, 0.25) is 0 Å². The summed E-state index contributed by atoms with van der Waals surface area (Å²) in [6.45, 7) is 2.05. The summed E-state index contributed by atoms with van der Waals surface area (Å²) >= 11 is 1.64. The standard InChI is InChI=1S/C18H26N2O5S/c1-19(13-18(22)23)11-15-12-20(8-9-25-15)17(21)7-10-26-16-5-3-14(24-2)4-6-16/h3-6,15H,7-13H2,1-2H3,(H,22,23). The number of ether oxygens (including phenoxy) is 2. The van der Waals surface area contributed by atoms with E-state index < -0.39 is 5.97 Å². The zero-order chi connectivity index (χ0) is 18.9. The highest BCUT2D eigenvalue weighted by Crippen LogP contribution is 2.22. The lowest BCUT2D eigenvalue weighted by atomic mass is 10.2. The summed E-state index contributed by atoms with van der Waals surface area (Å²) in [6, 6.07) is 7.78. The number of hydrogen-bond acceptors (Lipinski definition) is 6. The minimum atomic E-state index is -0.869. The first-order chi connectivity index (χ1) is 12.5. The van der Waals surface area contributed by atoms with E-state index >= 15 is 0 Å². The number of carboxylic acids is 1. The monoisotopic (exact) mass is 382 g/mol. The summed E-state index contributed by atoms with van der Waals surface area (Å²) in [5.41, 5.74) is 0. The van der Waals surface area contributed by atoms with Gasteiger partial charge in [0.2, 0.25) is 5.91 Å². The Kier molecular flexibility index (Phi) is 8.21. The molecule has 26 heavy (non-hydrogen) atoms. The first-order valence-corrected chi connectivity index (χ1v) is 9.53. The van der Waals surface area contributed by atoms with Crippen LogP contribution in [-0.4, -0.2) is 85.6 Å². The maximum Gasteiger partial charge on any atom is 0.317 e. The second-order valence-corrected chi connectivity index (χ2v) is 7.37. The van der Waals surface area contributed by atoms with Gasteiger partial charge in [-0.15, -0.1) is 11.8 Å². The van der Waals surface area contributed by atoms with Crippen LogP contribution >= 0.6 is 11.8 Å². The van der Waals surface area contributed by atoms with E-state index in [1.165, 1.54) is 0 Å². The van der Waals surface area contributed by atoms with Crippen LogP contribution in [0.15, 0.2) is 29.2 Å². The third kappa shape index (κ3) is 6.86. The van der Waals surface area contributed by atoms with E-state index in [1.54, 1.807) is 30.8 Å². The first-order valence-electron chi connectivity index (χ1n) is 8.54. The van der Waals surface area contributed by atoms with Crippen molar-refractivity contribution in [1.29, 1.82) is 0 Å². The average molecular weight is 382 g/mol. The number of amides is 1. The number of benzene rings is 1. The Hall–Kier alpha value is -1.77. The molecule has 1 aliphatic heterocycles. The Morgan fingerprint density at radius 2 is 2.12 bits per heavy atom. The molecule has 0 saturated carbocycles.